The second-order valence-electron chi connectivity index (χ2n) is 7.70. The molecule has 1 amide bonds. The van der Waals surface area contributed by atoms with Crippen LogP contribution in [-0.2, 0) is 17.9 Å². The van der Waals surface area contributed by atoms with E-state index >= 15 is 0 Å². The number of nitrogens with one attached hydrogen (secondary N) is 2. The number of fused-ring (bicyclic) bond motifs is 1. The summed E-state index contributed by atoms with van der Waals surface area (Å²) < 4.78 is 3.83. The first-order valence-corrected chi connectivity index (χ1v) is 11.1. The van der Waals surface area contributed by atoms with Gasteiger partial charge in [-0.2, -0.15) is 5.10 Å². The predicted molar refractivity (Wildman–Crippen MR) is 128 cm³/mol. The van der Waals surface area contributed by atoms with Crippen LogP contribution in [0, 0.1) is 4.77 Å². The first-order chi connectivity index (χ1) is 15.6. The normalized spacial score (nSPS) is 11.0. The second kappa shape index (κ2) is 10.2. The SMILES string of the molecule is O=C(CCCCCn1c(=S)[nH]c2ccccc2c1=O)Nc1cnn(Cc2ccccc2)c1. The summed E-state index contributed by atoms with van der Waals surface area (Å²) in [5.41, 5.74) is 2.52. The lowest BCUT2D eigenvalue weighted by molar-refractivity contribution is -0.116. The number of para-hydroxylation sites is 1. The van der Waals surface area contributed by atoms with Crippen molar-refractivity contribution in [3.63, 3.8) is 0 Å². The third-order valence-electron chi connectivity index (χ3n) is 5.28. The van der Waals surface area contributed by atoms with Crippen LogP contribution in [0.3, 0.4) is 0 Å². The Bertz CT molecular complexity index is 1320. The Balaban J connectivity index is 1.22. The summed E-state index contributed by atoms with van der Waals surface area (Å²) in [6.07, 6.45) is 6.26. The molecule has 164 valence electrons. The number of hydrogen-bond acceptors (Lipinski definition) is 4. The molecule has 0 saturated heterocycles. The van der Waals surface area contributed by atoms with Crippen LogP contribution in [0.25, 0.3) is 10.9 Å². The zero-order valence-electron chi connectivity index (χ0n) is 17.7. The number of benzene rings is 2. The molecule has 8 heteroatoms. The van der Waals surface area contributed by atoms with Gasteiger partial charge in [-0.3, -0.25) is 18.8 Å². The summed E-state index contributed by atoms with van der Waals surface area (Å²) in [7, 11) is 0. The topological polar surface area (TPSA) is 84.7 Å². The minimum absolute atomic E-state index is 0.0376. The van der Waals surface area contributed by atoms with Crippen LogP contribution in [-0.4, -0.2) is 25.2 Å². The van der Waals surface area contributed by atoms with Gasteiger partial charge >= 0.3 is 0 Å². The van der Waals surface area contributed by atoms with Gasteiger partial charge in [0.15, 0.2) is 4.77 Å². The van der Waals surface area contributed by atoms with E-state index in [0.717, 1.165) is 30.3 Å². The summed E-state index contributed by atoms with van der Waals surface area (Å²) in [5, 5.41) is 7.83. The molecule has 0 aliphatic heterocycles. The number of unbranched alkanes of at least 4 members (excludes halogenated alkanes) is 2. The van der Waals surface area contributed by atoms with Crippen molar-refractivity contribution in [3.8, 4) is 0 Å². The molecule has 0 spiro atoms. The average molecular weight is 448 g/mol. The highest BCUT2D eigenvalue weighted by Crippen LogP contribution is 2.11. The Hall–Kier alpha value is -3.52. The monoisotopic (exact) mass is 447 g/mol. The van der Waals surface area contributed by atoms with Crippen molar-refractivity contribution >= 4 is 34.7 Å². The number of carbonyl (C=O) groups is 1. The summed E-state index contributed by atoms with van der Waals surface area (Å²) in [6, 6.07) is 17.4. The summed E-state index contributed by atoms with van der Waals surface area (Å²) in [5.74, 6) is -0.0376. The molecule has 0 aliphatic rings. The van der Waals surface area contributed by atoms with Crippen molar-refractivity contribution in [2.75, 3.05) is 5.32 Å². The maximum absolute atomic E-state index is 12.6. The quantitative estimate of drug-likeness (QED) is 0.292. The maximum atomic E-state index is 12.6. The van der Waals surface area contributed by atoms with E-state index in [9.17, 15) is 9.59 Å². The molecule has 2 aromatic heterocycles. The third-order valence-corrected chi connectivity index (χ3v) is 5.60. The first-order valence-electron chi connectivity index (χ1n) is 10.7. The number of hydrogen-bond donors (Lipinski definition) is 2. The molecule has 4 aromatic rings. The Morgan fingerprint density at radius 3 is 2.66 bits per heavy atom. The Morgan fingerprint density at radius 1 is 1.03 bits per heavy atom. The van der Waals surface area contributed by atoms with Crippen molar-refractivity contribution < 1.29 is 4.79 Å². The molecule has 32 heavy (non-hydrogen) atoms. The second-order valence-corrected chi connectivity index (χ2v) is 8.09. The van der Waals surface area contributed by atoms with Crippen LogP contribution in [0.2, 0.25) is 0 Å². The van der Waals surface area contributed by atoms with Crippen LogP contribution in [0.4, 0.5) is 5.69 Å². The van der Waals surface area contributed by atoms with E-state index < -0.39 is 0 Å². The van der Waals surface area contributed by atoms with Gasteiger partial charge in [0, 0.05) is 19.2 Å². The van der Waals surface area contributed by atoms with Crippen LogP contribution in [0.15, 0.2) is 71.8 Å². The van der Waals surface area contributed by atoms with E-state index in [1.54, 1.807) is 21.5 Å². The highest BCUT2D eigenvalue weighted by Gasteiger charge is 2.07. The van der Waals surface area contributed by atoms with Crippen molar-refractivity contribution in [3.05, 3.63) is 87.7 Å². The van der Waals surface area contributed by atoms with E-state index in [-0.39, 0.29) is 11.5 Å². The molecule has 2 N–H and O–H groups in total. The van der Waals surface area contributed by atoms with E-state index in [0.29, 0.717) is 35.4 Å². The number of H-pyrrole nitrogens is 1. The van der Waals surface area contributed by atoms with Crippen LogP contribution < -0.4 is 10.9 Å². The van der Waals surface area contributed by atoms with Gasteiger partial charge in [0.05, 0.1) is 29.3 Å². The largest absolute Gasteiger partial charge is 0.332 e. The predicted octanol–water partition coefficient (Wildman–Crippen LogP) is 4.50. The van der Waals surface area contributed by atoms with Gasteiger partial charge in [-0.15, -0.1) is 0 Å². The maximum Gasteiger partial charge on any atom is 0.262 e. The minimum Gasteiger partial charge on any atom is -0.332 e. The lowest BCUT2D eigenvalue weighted by Crippen LogP contribution is -2.22. The van der Waals surface area contributed by atoms with Gasteiger partial charge in [0.2, 0.25) is 5.91 Å². The number of aromatic nitrogens is 4. The van der Waals surface area contributed by atoms with E-state index in [2.05, 4.69) is 15.4 Å². The average Bonchev–Trinajstić information content (AvgIpc) is 3.22. The summed E-state index contributed by atoms with van der Waals surface area (Å²) in [4.78, 5) is 28.0. The third kappa shape index (κ3) is 5.39. The lowest BCUT2D eigenvalue weighted by Gasteiger charge is -2.08. The number of anilines is 1. The molecule has 0 unspecified atom stereocenters. The molecule has 2 heterocycles. The Morgan fingerprint density at radius 2 is 1.81 bits per heavy atom. The molecule has 7 nitrogen and oxygen atoms in total. The van der Waals surface area contributed by atoms with E-state index in [1.165, 1.54) is 0 Å². The molecule has 4 rings (SSSR count). The van der Waals surface area contributed by atoms with Crippen LogP contribution in [0.5, 0.6) is 0 Å². The fourth-order valence-electron chi connectivity index (χ4n) is 3.64. The van der Waals surface area contributed by atoms with Gasteiger partial charge in [-0.25, -0.2) is 0 Å². The zero-order chi connectivity index (χ0) is 22.3. The molecule has 0 saturated carbocycles. The smallest absolute Gasteiger partial charge is 0.262 e. The molecule has 0 aliphatic carbocycles. The van der Waals surface area contributed by atoms with Gasteiger partial charge in [0.1, 0.15) is 0 Å². The summed E-state index contributed by atoms with van der Waals surface area (Å²) in [6.45, 7) is 1.19. The molecular weight excluding hydrogens is 422 g/mol. The first kappa shape index (κ1) is 21.7. The number of aromatic amines is 1. The molecule has 0 atom stereocenters. The minimum atomic E-state index is -0.0744. The summed E-state index contributed by atoms with van der Waals surface area (Å²) >= 11 is 5.34. The van der Waals surface area contributed by atoms with Gasteiger partial charge in [-0.05, 0) is 42.8 Å². The van der Waals surface area contributed by atoms with Crippen molar-refractivity contribution in [2.45, 2.75) is 38.8 Å². The van der Waals surface area contributed by atoms with Crippen molar-refractivity contribution in [1.82, 2.24) is 19.3 Å². The van der Waals surface area contributed by atoms with Crippen molar-refractivity contribution in [1.29, 1.82) is 0 Å². The van der Waals surface area contributed by atoms with Crippen LogP contribution >= 0.6 is 12.2 Å². The van der Waals surface area contributed by atoms with E-state index in [1.807, 2.05) is 54.7 Å². The molecule has 0 fully saturated rings. The number of amides is 1. The molecule has 0 radical (unpaired) electrons. The van der Waals surface area contributed by atoms with Gasteiger partial charge in [-0.1, -0.05) is 48.9 Å². The van der Waals surface area contributed by atoms with Gasteiger partial charge in [0.25, 0.3) is 5.56 Å². The molecule has 2 aromatic carbocycles. The lowest BCUT2D eigenvalue weighted by atomic mass is 10.2. The van der Waals surface area contributed by atoms with Gasteiger partial charge < -0.3 is 10.3 Å². The number of carbonyl (C=O) groups excluding carboxylic acids is 1. The molecular formula is C24H25N5O2S. The molecule has 0 bridgehead atoms. The number of nitrogens with zero attached hydrogens (tertiary/aromatic N) is 3. The zero-order valence-corrected chi connectivity index (χ0v) is 18.5. The fraction of sp³-hybridized carbons (Fsp3) is 0.250. The standard InChI is InChI=1S/C24H25N5O2S/c30-22(26-19-15-25-28(17-19)16-18-9-3-1-4-10-18)13-5-2-8-14-29-23(31)20-11-6-7-12-21(20)27-24(29)32/h1,3-4,6-7,9-12,15,17H,2,5,8,13-14,16H2,(H,26,30)(H,27,32). The Labute approximate surface area is 190 Å². The fourth-order valence-corrected chi connectivity index (χ4v) is 3.93. The van der Waals surface area contributed by atoms with E-state index in [4.69, 9.17) is 12.2 Å². The number of rotatable bonds is 9. The Kier molecular flexibility index (Phi) is 6.91. The highest BCUT2D eigenvalue weighted by atomic mass is 32.1. The van der Waals surface area contributed by atoms with Crippen molar-refractivity contribution in [2.24, 2.45) is 0 Å². The highest BCUT2D eigenvalue weighted by molar-refractivity contribution is 7.71. The van der Waals surface area contributed by atoms with Crippen LogP contribution in [0.1, 0.15) is 31.2 Å².